The number of aliphatic hydroxyl groups excluding tert-OH is 1. The second kappa shape index (κ2) is 6.49. The van der Waals surface area contributed by atoms with E-state index < -0.39 is 0 Å². The van der Waals surface area contributed by atoms with Gasteiger partial charge < -0.3 is 15.7 Å². The van der Waals surface area contributed by atoms with E-state index in [2.05, 4.69) is 11.8 Å². The summed E-state index contributed by atoms with van der Waals surface area (Å²) in [6.07, 6.45) is 6.26. The molecule has 0 saturated heterocycles. The Balaban J connectivity index is 2.29. The summed E-state index contributed by atoms with van der Waals surface area (Å²) in [7, 11) is 0. The third kappa shape index (κ3) is 3.34. The van der Waals surface area contributed by atoms with Crippen LogP contribution in [0, 0.1) is 6.92 Å². The largest absolute Gasteiger partial charge is 0.398 e. The number of nitrogen functional groups attached to an aromatic ring is 1. The van der Waals surface area contributed by atoms with Crippen LogP contribution in [0.3, 0.4) is 0 Å². The van der Waals surface area contributed by atoms with Crippen molar-refractivity contribution in [2.45, 2.75) is 45.1 Å². The first kappa shape index (κ1) is 14.5. The molecule has 1 aliphatic carbocycles. The Morgan fingerprint density at radius 3 is 2.63 bits per heavy atom. The van der Waals surface area contributed by atoms with E-state index in [0.29, 0.717) is 23.3 Å². The third-order valence-corrected chi connectivity index (χ3v) is 4.31. The van der Waals surface area contributed by atoms with Crippen molar-refractivity contribution < 1.29 is 5.11 Å². The molecule has 0 heterocycles. The van der Waals surface area contributed by atoms with E-state index >= 15 is 0 Å². The van der Waals surface area contributed by atoms with Gasteiger partial charge in [-0.2, -0.15) is 0 Å². The molecule has 0 radical (unpaired) electrons. The van der Waals surface area contributed by atoms with Crippen LogP contribution in [0.25, 0.3) is 0 Å². The maximum Gasteiger partial charge on any atom is 0.0656 e. The summed E-state index contributed by atoms with van der Waals surface area (Å²) in [6.45, 7) is 2.87. The van der Waals surface area contributed by atoms with Crippen molar-refractivity contribution in [3.05, 3.63) is 22.7 Å². The maximum atomic E-state index is 9.34. The molecule has 106 valence electrons. The Hall–Kier alpha value is -0.930. The highest BCUT2D eigenvalue weighted by molar-refractivity contribution is 6.33. The van der Waals surface area contributed by atoms with Crippen molar-refractivity contribution in [1.29, 1.82) is 0 Å². The second-order valence-electron chi connectivity index (χ2n) is 5.37. The van der Waals surface area contributed by atoms with Crippen LogP contribution in [-0.4, -0.2) is 24.3 Å². The molecule has 1 aromatic rings. The van der Waals surface area contributed by atoms with Gasteiger partial charge in [0.2, 0.25) is 0 Å². The zero-order valence-electron chi connectivity index (χ0n) is 11.5. The molecule has 1 aliphatic rings. The second-order valence-corrected chi connectivity index (χ2v) is 5.78. The number of aryl methyl sites for hydroxylation is 1. The molecule has 1 aromatic carbocycles. The smallest absolute Gasteiger partial charge is 0.0656 e. The highest BCUT2D eigenvalue weighted by Crippen LogP contribution is 2.33. The summed E-state index contributed by atoms with van der Waals surface area (Å²) >= 11 is 6.15. The molecule has 0 spiro atoms. The normalized spacial score (nSPS) is 16.6. The summed E-state index contributed by atoms with van der Waals surface area (Å²) in [5.74, 6) is 0. The summed E-state index contributed by atoms with van der Waals surface area (Å²) in [6, 6.07) is 4.38. The molecule has 2 rings (SSSR count). The van der Waals surface area contributed by atoms with E-state index in [1.54, 1.807) is 0 Å². The van der Waals surface area contributed by atoms with Crippen molar-refractivity contribution in [2.24, 2.45) is 0 Å². The lowest BCUT2D eigenvalue weighted by atomic mass is 9.93. The van der Waals surface area contributed by atoms with Crippen molar-refractivity contribution in [1.82, 2.24) is 0 Å². The average Bonchev–Trinajstić information content (AvgIpc) is 2.42. The van der Waals surface area contributed by atoms with E-state index in [9.17, 15) is 5.11 Å². The number of aliphatic hydroxyl groups is 1. The van der Waals surface area contributed by atoms with Crippen LogP contribution in [-0.2, 0) is 0 Å². The monoisotopic (exact) mass is 282 g/mol. The number of nitrogens with zero attached hydrogens (tertiary/aromatic N) is 1. The number of hydrogen-bond donors (Lipinski definition) is 2. The highest BCUT2D eigenvalue weighted by atomic mass is 35.5. The van der Waals surface area contributed by atoms with Gasteiger partial charge in [-0.15, -0.1) is 0 Å². The average molecular weight is 283 g/mol. The quantitative estimate of drug-likeness (QED) is 0.833. The predicted octanol–water partition coefficient (Wildman–Crippen LogP) is 3.36. The zero-order chi connectivity index (χ0) is 13.8. The minimum atomic E-state index is 0.165. The maximum absolute atomic E-state index is 9.34. The molecule has 3 nitrogen and oxygen atoms in total. The minimum Gasteiger partial charge on any atom is -0.398 e. The van der Waals surface area contributed by atoms with Gasteiger partial charge in [-0.1, -0.05) is 30.9 Å². The van der Waals surface area contributed by atoms with Gasteiger partial charge in [0.25, 0.3) is 0 Å². The fourth-order valence-electron chi connectivity index (χ4n) is 3.00. The lowest BCUT2D eigenvalue weighted by molar-refractivity contribution is 0.290. The van der Waals surface area contributed by atoms with Gasteiger partial charge in [-0.05, 0) is 37.5 Å². The van der Waals surface area contributed by atoms with Crippen molar-refractivity contribution in [2.75, 3.05) is 23.8 Å². The Morgan fingerprint density at radius 1 is 1.32 bits per heavy atom. The van der Waals surface area contributed by atoms with Crippen LogP contribution < -0.4 is 10.6 Å². The van der Waals surface area contributed by atoms with Crippen LogP contribution >= 0.6 is 11.6 Å². The number of halogens is 1. The molecule has 0 aromatic heterocycles. The Morgan fingerprint density at radius 2 is 2.00 bits per heavy atom. The first-order valence-electron chi connectivity index (χ1n) is 7.06. The van der Waals surface area contributed by atoms with E-state index in [1.807, 2.05) is 12.1 Å². The number of anilines is 2. The molecule has 0 atom stereocenters. The number of benzene rings is 1. The Kier molecular flexibility index (Phi) is 4.94. The lowest BCUT2D eigenvalue weighted by Gasteiger charge is -2.37. The Labute approximate surface area is 120 Å². The summed E-state index contributed by atoms with van der Waals surface area (Å²) in [4.78, 5) is 2.31. The minimum absolute atomic E-state index is 0.165. The van der Waals surface area contributed by atoms with Gasteiger partial charge in [0.1, 0.15) is 0 Å². The topological polar surface area (TPSA) is 49.5 Å². The molecular weight excluding hydrogens is 260 g/mol. The molecule has 0 bridgehead atoms. The number of nitrogens with two attached hydrogens (primary N) is 1. The fourth-order valence-corrected chi connectivity index (χ4v) is 3.16. The number of rotatable bonds is 4. The fraction of sp³-hybridized carbons (Fsp3) is 0.600. The first-order valence-corrected chi connectivity index (χ1v) is 7.44. The van der Waals surface area contributed by atoms with Gasteiger partial charge in [-0.25, -0.2) is 0 Å². The highest BCUT2D eigenvalue weighted by Gasteiger charge is 2.22. The lowest BCUT2D eigenvalue weighted by Crippen LogP contribution is -2.39. The summed E-state index contributed by atoms with van der Waals surface area (Å²) in [5, 5.41) is 9.94. The van der Waals surface area contributed by atoms with Crippen molar-refractivity contribution in [3.63, 3.8) is 0 Å². The summed E-state index contributed by atoms with van der Waals surface area (Å²) < 4.78 is 0. The van der Waals surface area contributed by atoms with Crippen LogP contribution in [0.5, 0.6) is 0 Å². The van der Waals surface area contributed by atoms with Crippen molar-refractivity contribution in [3.8, 4) is 0 Å². The molecular formula is C15H23ClN2O. The van der Waals surface area contributed by atoms with Gasteiger partial charge in [-0.3, -0.25) is 0 Å². The van der Waals surface area contributed by atoms with Gasteiger partial charge in [0.15, 0.2) is 0 Å². The van der Waals surface area contributed by atoms with E-state index in [4.69, 9.17) is 17.3 Å². The van der Waals surface area contributed by atoms with E-state index in [-0.39, 0.29) is 6.61 Å². The van der Waals surface area contributed by atoms with Gasteiger partial charge in [0, 0.05) is 18.3 Å². The molecule has 19 heavy (non-hydrogen) atoms. The summed E-state index contributed by atoms with van der Waals surface area (Å²) in [5.41, 5.74) is 8.70. The van der Waals surface area contributed by atoms with Gasteiger partial charge in [0.05, 0.1) is 17.3 Å². The zero-order valence-corrected chi connectivity index (χ0v) is 12.3. The molecule has 1 fully saturated rings. The SMILES string of the molecule is Cc1cc(N)c(Cl)cc1N(CCO)C1CCCCC1. The molecule has 4 heteroatoms. The molecule has 3 N–H and O–H groups in total. The third-order valence-electron chi connectivity index (χ3n) is 3.98. The Bertz CT molecular complexity index is 430. The number of hydrogen-bond acceptors (Lipinski definition) is 3. The molecule has 1 saturated carbocycles. The van der Waals surface area contributed by atoms with Crippen LogP contribution in [0.1, 0.15) is 37.7 Å². The van der Waals surface area contributed by atoms with Crippen molar-refractivity contribution >= 4 is 23.0 Å². The van der Waals surface area contributed by atoms with Gasteiger partial charge >= 0.3 is 0 Å². The molecule has 0 unspecified atom stereocenters. The van der Waals surface area contributed by atoms with E-state index in [0.717, 1.165) is 11.3 Å². The predicted molar refractivity (Wildman–Crippen MR) is 81.9 cm³/mol. The first-order chi connectivity index (χ1) is 9.13. The van der Waals surface area contributed by atoms with E-state index in [1.165, 1.54) is 32.1 Å². The molecule has 0 aliphatic heterocycles. The van der Waals surface area contributed by atoms with Crippen LogP contribution in [0.2, 0.25) is 5.02 Å². The molecule has 0 amide bonds. The van der Waals surface area contributed by atoms with Crippen LogP contribution in [0.15, 0.2) is 12.1 Å². The standard InChI is InChI=1S/C15H23ClN2O/c1-11-9-14(17)13(16)10-15(11)18(7-8-19)12-5-3-2-4-6-12/h9-10,12,19H,2-8,17H2,1H3. The van der Waals surface area contributed by atoms with Crippen LogP contribution in [0.4, 0.5) is 11.4 Å².